The molecule has 1 aliphatic rings. The van der Waals surface area contributed by atoms with Gasteiger partial charge in [0.15, 0.2) is 28.7 Å². The quantitative estimate of drug-likeness (QED) is 0.249. The number of carboxylic acids is 1. The fraction of sp³-hybridized carbons (Fsp3) is 0.444. The second kappa shape index (κ2) is 12.9. The maximum absolute atomic E-state index is 13.2. The molecule has 0 saturated heterocycles. The number of amides is 1. The number of carboxylic acid groups (broad SMARTS) is 1. The van der Waals surface area contributed by atoms with Crippen LogP contribution >= 0.6 is 0 Å². The lowest BCUT2D eigenvalue weighted by molar-refractivity contribution is -0.137. The Bertz CT molecular complexity index is 1210. The lowest BCUT2D eigenvalue weighted by Gasteiger charge is -2.18. The zero-order valence-electron chi connectivity index (χ0n) is 22.1. The Labute approximate surface area is 221 Å². The number of aromatic nitrogens is 1. The third kappa shape index (κ3) is 6.99. The van der Waals surface area contributed by atoms with Gasteiger partial charge in [0.2, 0.25) is 0 Å². The number of hydrogen-bond acceptors (Lipinski definition) is 8. The lowest BCUT2D eigenvalue weighted by atomic mass is 10.1. The van der Waals surface area contributed by atoms with E-state index in [1.807, 2.05) is 13.8 Å². The van der Waals surface area contributed by atoms with Gasteiger partial charge in [-0.15, -0.1) is 0 Å². The number of Topliss-reactive ketones (excluding diaryl/α,β-unsaturated/α-hetero) is 1. The molecule has 0 aliphatic carbocycles. The Kier molecular flexibility index (Phi) is 9.64. The van der Waals surface area contributed by atoms with Crippen molar-refractivity contribution < 1.29 is 33.7 Å². The first-order valence-corrected chi connectivity index (χ1v) is 12.6. The van der Waals surface area contributed by atoms with Gasteiger partial charge in [0.25, 0.3) is 5.91 Å². The molecule has 2 aromatic rings. The zero-order chi connectivity index (χ0) is 27.8. The summed E-state index contributed by atoms with van der Waals surface area (Å²) in [6, 6.07) is 6.63. The Morgan fingerprint density at radius 1 is 1.13 bits per heavy atom. The van der Waals surface area contributed by atoms with E-state index in [1.165, 1.54) is 7.05 Å². The number of pyridine rings is 1. The van der Waals surface area contributed by atoms with Crippen LogP contribution in [-0.4, -0.2) is 71.4 Å². The predicted octanol–water partition coefficient (Wildman–Crippen LogP) is 3.28. The Balaban J connectivity index is 1.74. The molecule has 204 valence electrons. The monoisotopic (exact) mass is 526 g/mol. The van der Waals surface area contributed by atoms with Crippen LogP contribution in [0.25, 0.3) is 0 Å². The van der Waals surface area contributed by atoms with Gasteiger partial charge in [-0.3, -0.25) is 19.8 Å². The van der Waals surface area contributed by atoms with Crippen LogP contribution in [-0.2, 0) is 11.3 Å². The third-order valence-corrected chi connectivity index (χ3v) is 5.72. The molecule has 11 heteroatoms. The van der Waals surface area contributed by atoms with Crippen molar-refractivity contribution in [2.24, 2.45) is 0 Å². The number of aliphatic carboxylic acids is 1. The van der Waals surface area contributed by atoms with Gasteiger partial charge in [-0.2, -0.15) is 0 Å². The van der Waals surface area contributed by atoms with E-state index in [1.54, 1.807) is 36.1 Å². The van der Waals surface area contributed by atoms with Crippen molar-refractivity contribution in [2.45, 2.75) is 52.7 Å². The molecule has 0 spiro atoms. The Morgan fingerprint density at radius 2 is 1.89 bits per heavy atom. The largest absolute Gasteiger partial charge is 0.491 e. The van der Waals surface area contributed by atoms with E-state index in [4.69, 9.17) is 24.7 Å². The molecule has 3 N–H and O–H groups in total. The average molecular weight is 527 g/mol. The van der Waals surface area contributed by atoms with E-state index in [9.17, 15) is 14.4 Å². The summed E-state index contributed by atoms with van der Waals surface area (Å²) in [5.74, 6) is -0.199. The molecule has 0 radical (unpaired) electrons. The van der Waals surface area contributed by atoms with E-state index in [0.717, 1.165) is 0 Å². The molecule has 1 aliphatic heterocycles. The second-order valence-corrected chi connectivity index (χ2v) is 9.01. The summed E-state index contributed by atoms with van der Waals surface area (Å²) in [4.78, 5) is 42.1. The summed E-state index contributed by atoms with van der Waals surface area (Å²) in [5.41, 5.74) is 1.54. The molecule has 0 saturated carbocycles. The molecule has 38 heavy (non-hydrogen) atoms. The molecular formula is C27H34N4O7. The molecule has 0 bridgehead atoms. The van der Waals surface area contributed by atoms with Gasteiger partial charge < -0.3 is 29.5 Å². The van der Waals surface area contributed by atoms with Crippen LogP contribution in [0, 0.1) is 5.41 Å². The smallest absolute Gasteiger partial charge is 0.303 e. The van der Waals surface area contributed by atoms with Crippen LogP contribution in [0.4, 0.5) is 0 Å². The third-order valence-electron chi connectivity index (χ3n) is 5.72. The summed E-state index contributed by atoms with van der Waals surface area (Å²) >= 11 is 0. The lowest BCUT2D eigenvalue weighted by Crippen LogP contribution is -2.30. The highest BCUT2D eigenvalue weighted by molar-refractivity contribution is 6.05. The highest BCUT2D eigenvalue weighted by atomic mass is 16.5. The summed E-state index contributed by atoms with van der Waals surface area (Å²) in [6.07, 6.45) is 1.00. The van der Waals surface area contributed by atoms with Gasteiger partial charge in [-0.1, -0.05) is 0 Å². The average Bonchev–Trinajstić information content (AvgIpc) is 3.17. The van der Waals surface area contributed by atoms with E-state index in [-0.39, 0.29) is 42.9 Å². The number of carbonyl (C=O) groups excluding carboxylic acids is 2. The number of unbranched alkanes of at least 4 members (excludes halogenated alkanes) is 1. The number of fused-ring (bicyclic) bond motifs is 1. The molecule has 1 aromatic heterocycles. The fourth-order valence-corrected chi connectivity index (χ4v) is 3.95. The number of ketones is 1. The van der Waals surface area contributed by atoms with Crippen molar-refractivity contribution >= 4 is 23.5 Å². The summed E-state index contributed by atoms with van der Waals surface area (Å²) in [6.45, 7) is 6.44. The number of amidine groups is 1. The first kappa shape index (κ1) is 28.4. The van der Waals surface area contributed by atoms with Crippen molar-refractivity contribution in [3.63, 3.8) is 0 Å². The minimum absolute atomic E-state index is 0.0570. The number of hydrogen-bond donors (Lipinski definition) is 3. The predicted molar refractivity (Wildman–Crippen MR) is 140 cm³/mol. The topological polar surface area (TPSA) is 151 Å². The van der Waals surface area contributed by atoms with E-state index >= 15 is 0 Å². The molecule has 0 unspecified atom stereocenters. The Hall–Kier alpha value is -4.15. The molecule has 0 atom stereocenters. The SMILES string of the molecule is CCOc1cc2c(nc1C(=O)NC)C(=N)N(CC(=O)c1ccc(OCCCCC(=O)O)c(OC(C)C)c1)C2. The molecule has 1 amide bonds. The second-order valence-electron chi connectivity index (χ2n) is 9.01. The van der Waals surface area contributed by atoms with E-state index in [0.29, 0.717) is 60.1 Å². The number of carbonyl (C=O) groups is 3. The number of ether oxygens (including phenoxy) is 3. The highest BCUT2D eigenvalue weighted by Crippen LogP contribution is 2.31. The van der Waals surface area contributed by atoms with Crippen molar-refractivity contribution in [3.8, 4) is 17.2 Å². The Morgan fingerprint density at radius 3 is 2.55 bits per heavy atom. The van der Waals surface area contributed by atoms with Crippen molar-refractivity contribution in [2.75, 3.05) is 26.8 Å². The van der Waals surface area contributed by atoms with E-state index in [2.05, 4.69) is 10.3 Å². The van der Waals surface area contributed by atoms with Gasteiger partial charge in [0.05, 0.1) is 25.9 Å². The molecule has 2 heterocycles. The van der Waals surface area contributed by atoms with Crippen LogP contribution in [0.3, 0.4) is 0 Å². The number of rotatable bonds is 14. The molecule has 3 rings (SSSR count). The number of benzene rings is 1. The van der Waals surface area contributed by atoms with Crippen LogP contribution in [0.5, 0.6) is 17.2 Å². The van der Waals surface area contributed by atoms with Crippen LogP contribution in [0.2, 0.25) is 0 Å². The van der Waals surface area contributed by atoms with Crippen molar-refractivity contribution in [1.29, 1.82) is 5.41 Å². The van der Waals surface area contributed by atoms with Gasteiger partial charge in [0.1, 0.15) is 11.5 Å². The standard InChI is InChI=1S/C27H34N4O7/c1-5-36-22-13-18-14-31(26(28)24(18)30-25(22)27(35)29-4)15-19(32)17-9-10-20(21(12-17)38-16(2)3)37-11-7-6-8-23(33)34/h9-10,12-13,16,28H,5-8,11,14-15H2,1-4H3,(H,29,35)(H,33,34). The van der Waals surface area contributed by atoms with Crippen LogP contribution < -0.4 is 19.5 Å². The highest BCUT2D eigenvalue weighted by Gasteiger charge is 2.31. The maximum atomic E-state index is 13.2. The summed E-state index contributed by atoms with van der Waals surface area (Å²) in [7, 11) is 1.50. The molecule has 1 aromatic carbocycles. The summed E-state index contributed by atoms with van der Waals surface area (Å²) < 4.78 is 17.2. The molecule has 11 nitrogen and oxygen atoms in total. The van der Waals surface area contributed by atoms with Gasteiger partial charge in [-0.05, 0) is 57.9 Å². The zero-order valence-corrected chi connectivity index (χ0v) is 22.1. The normalized spacial score (nSPS) is 12.3. The summed E-state index contributed by atoms with van der Waals surface area (Å²) in [5, 5.41) is 19.9. The number of nitrogens with one attached hydrogen (secondary N) is 2. The first-order chi connectivity index (χ1) is 18.1. The maximum Gasteiger partial charge on any atom is 0.303 e. The molecule has 0 fully saturated rings. The van der Waals surface area contributed by atoms with Crippen molar-refractivity contribution in [1.82, 2.24) is 15.2 Å². The minimum atomic E-state index is -0.844. The van der Waals surface area contributed by atoms with Gasteiger partial charge >= 0.3 is 5.97 Å². The first-order valence-electron chi connectivity index (χ1n) is 12.6. The van der Waals surface area contributed by atoms with Crippen LogP contribution in [0.1, 0.15) is 72.1 Å². The molecular weight excluding hydrogens is 492 g/mol. The van der Waals surface area contributed by atoms with Crippen molar-refractivity contribution in [3.05, 3.63) is 46.8 Å². The minimum Gasteiger partial charge on any atom is -0.491 e. The van der Waals surface area contributed by atoms with Crippen LogP contribution in [0.15, 0.2) is 24.3 Å². The fourth-order valence-electron chi connectivity index (χ4n) is 3.95. The number of nitrogens with zero attached hydrogens (tertiary/aromatic N) is 2. The van der Waals surface area contributed by atoms with Gasteiger partial charge in [-0.25, -0.2) is 4.98 Å². The van der Waals surface area contributed by atoms with E-state index < -0.39 is 11.9 Å². The van der Waals surface area contributed by atoms with Gasteiger partial charge in [0, 0.05) is 31.1 Å².